The molecule has 0 bridgehead atoms. The van der Waals surface area contributed by atoms with Crippen LogP contribution in [0.3, 0.4) is 0 Å². The van der Waals surface area contributed by atoms with Crippen molar-refractivity contribution in [2.75, 3.05) is 0 Å². The summed E-state index contributed by atoms with van der Waals surface area (Å²) in [6.07, 6.45) is 0. The molecule has 1 atom stereocenters. The fourth-order valence-electron chi connectivity index (χ4n) is 2.27. The summed E-state index contributed by atoms with van der Waals surface area (Å²) in [4.78, 5) is 0. The van der Waals surface area contributed by atoms with E-state index >= 15 is 0 Å². The van der Waals surface area contributed by atoms with E-state index in [1.54, 1.807) is 0 Å². The van der Waals surface area contributed by atoms with Gasteiger partial charge in [0.25, 0.3) is 4.52 Å². The normalized spacial score (nSPS) is 17.6. The predicted molar refractivity (Wildman–Crippen MR) is 204 cm³/mol. The van der Waals surface area contributed by atoms with Crippen molar-refractivity contribution in [3.8, 4) is 0 Å². The Morgan fingerprint density at radius 2 is 0.477 bits per heavy atom. The molecule has 1 unspecified atom stereocenters. The second-order valence-electron chi connectivity index (χ2n) is 7.62. The molecule has 266 valence electrons. The summed E-state index contributed by atoms with van der Waals surface area (Å²) in [7, 11) is 0. The Hall–Kier alpha value is 7.90. The first kappa shape index (κ1) is 51.9. The van der Waals surface area contributed by atoms with Gasteiger partial charge in [0, 0.05) is 0 Å². The van der Waals surface area contributed by atoms with E-state index in [0.29, 0.717) is 0 Å². The largest absolute Gasteiger partial charge is 0.750 e. The molecule has 0 saturated heterocycles. The summed E-state index contributed by atoms with van der Waals surface area (Å²) in [6.45, 7) is 0. The summed E-state index contributed by atoms with van der Waals surface area (Å²) in [5, 5.41) is 0. The summed E-state index contributed by atoms with van der Waals surface area (Å²) in [5.41, 5.74) is 0. The maximum atomic E-state index is 11.1. The highest BCUT2D eigenvalue weighted by Crippen LogP contribution is 2.76. The Balaban J connectivity index is 7.45. The van der Waals surface area contributed by atoms with Gasteiger partial charge in [-0.15, -0.1) is 0 Å². The van der Waals surface area contributed by atoms with Crippen LogP contribution in [0.2, 0.25) is 0 Å². The van der Waals surface area contributed by atoms with Crippen LogP contribution >= 0.6 is 313 Å². The Morgan fingerprint density at radius 3 is 0.636 bits per heavy atom. The van der Waals surface area contributed by atoms with Crippen LogP contribution in [0.5, 0.6) is 0 Å². The molecule has 3 nitrogen and oxygen atoms in total. The van der Waals surface area contributed by atoms with Crippen molar-refractivity contribution in [2.24, 2.45) is 0 Å². The van der Waals surface area contributed by atoms with Gasteiger partial charge in [-0.3, -0.25) is 4.18 Å². The molecule has 0 aliphatic heterocycles. The monoisotopic (exact) mass is 1180 g/mol. The zero-order valence-corrected chi connectivity index (χ0v) is 39.6. The molecular weight excluding hydrogens is 1190 g/mol. The molecule has 0 fully saturated rings. The first-order valence-electron chi connectivity index (χ1n) is 8.81. The number of alkyl halides is 27. The zero-order valence-electron chi connectivity index (χ0n) is 18.3. The first-order valence-corrected chi connectivity index (χ1v) is 20.0. The van der Waals surface area contributed by atoms with Gasteiger partial charge in [0.1, 0.15) is 0 Å². The summed E-state index contributed by atoms with van der Waals surface area (Å²) >= 11 is 163. The van der Waals surface area contributed by atoms with Gasteiger partial charge in [-0.2, -0.15) is 0 Å². The van der Waals surface area contributed by atoms with Crippen molar-refractivity contribution in [2.45, 2.75) is 56.0 Å². The molecule has 0 aromatic heterocycles. The van der Waals surface area contributed by atoms with E-state index in [0.717, 1.165) is 0 Å². The predicted octanol–water partition coefficient (Wildman–Crippen LogP) is 15.2. The Labute approximate surface area is 387 Å². The SMILES string of the molecule is O=S([O-])OC(Cl)(Cl)C(Cl)(Cl)C(Cl)(Cl)C(Cl)(Cl)C(Cl)(Cl)C(Cl)(Cl)C(Cl)(Cl)C(Cl)(Cl)C(Cl)(Cl)C(Cl)(Cl)C(Cl)(Cl)C(Cl)(Cl)C(Cl)(Cl)Cl. The van der Waals surface area contributed by atoms with E-state index in [1.807, 2.05) is 0 Å². The average molecular weight is 1190 g/mol. The second kappa shape index (κ2) is 15.7. The lowest BCUT2D eigenvalue weighted by Crippen LogP contribution is -2.74. The Morgan fingerprint density at radius 1 is 0.318 bits per heavy atom. The second-order valence-corrected chi connectivity index (χ2v) is 26.3. The lowest BCUT2D eigenvalue weighted by Gasteiger charge is -2.57. The quantitative estimate of drug-likeness (QED) is 0.136. The fourth-order valence-corrected chi connectivity index (χ4v) is 11.6. The highest BCUT2D eigenvalue weighted by Gasteiger charge is 2.86. The van der Waals surface area contributed by atoms with Gasteiger partial charge in [0.05, 0.1) is 11.4 Å². The minimum absolute atomic E-state index is 2.82. The van der Waals surface area contributed by atoms with E-state index in [1.165, 1.54) is 0 Å². The molecule has 0 aliphatic carbocycles. The smallest absolute Gasteiger partial charge is 0.267 e. The maximum absolute atomic E-state index is 11.1. The van der Waals surface area contributed by atoms with Crippen LogP contribution in [-0.2, 0) is 15.5 Å². The van der Waals surface area contributed by atoms with E-state index in [2.05, 4.69) is 4.18 Å². The summed E-state index contributed by atoms with van der Waals surface area (Å²) in [6, 6.07) is 0. The van der Waals surface area contributed by atoms with Gasteiger partial charge in [-0.05, 0) is 0 Å². The van der Waals surface area contributed by atoms with Crippen LogP contribution in [-0.4, -0.2) is 64.7 Å². The minimum atomic E-state index is -3.56. The van der Waals surface area contributed by atoms with Gasteiger partial charge in [0.2, 0.25) is 12.5 Å². The highest BCUT2D eigenvalue weighted by atomic mass is 35.6. The van der Waals surface area contributed by atoms with Crippen LogP contribution in [0, 0.1) is 0 Å². The zero-order chi connectivity index (χ0) is 36.8. The van der Waals surface area contributed by atoms with Crippen LogP contribution in [0.15, 0.2) is 0 Å². The molecule has 0 amide bonds. The number of hydrogen-bond acceptors (Lipinski definition) is 3. The van der Waals surface area contributed by atoms with Gasteiger partial charge < -0.3 is 4.55 Å². The van der Waals surface area contributed by atoms with Crippen LogP contribution < -0.4 is 0 Å². The third kappa shape index (κ3) is 8.16. The number of halogens is 27. The van der Waals surface area contributed by atoms with E-state index in [-0.39, 0.29) is 0 Å². The maximum Gasteiger partial charge on any atom is 0.267 e. The lowest BCUT2D eigenvalue weighted by atomic mass is 9.98. The van der Waals surface area contributed by atoms with Gasteiger partial charge in [-0.25, -0.2) is 4.21 Å². The van der Waals surface area contributed by atoms with Crippen molar-refractivity contribution >= 4 is 325 Å². The fraction of sp³-hybridized carbons (Fsp3) is 1.00. The highest BCUT2D eigenvalue weighted by molar-refractivity contribution is 7.74. The van der Waals surface area contributed by atoms with Crippen LogP contribution in [0.1, 0.15) is 0 Å². The molecule has 0 radical (unpaired) electrons. The Bertz CT molecular complexity index is 1090. The summed E-state index contributed by atoms with van der Waals surface area (Å²) < 4.78 is -17.4. The van der Waals surface area contributed by atoms with Crippen molar-refractivity contribution in [3.05, 3.63) is 0 Å². The molecular formula is C13Cl27O3S-. The van der Waals surface area contributed by atoms with E-state index in [4.69, 9.17) is 313 Å². The van der Waals surface area contributed by atoms with Crippen LogP contribution in [0.4, 0.5) is 0 Å². The molecule has 0 rings (SSSR count). The molecule has 0 spiro atoms. The minimum Gasteiger partial charge on any atom is -0.750 e. The van der Waals surface area contributed by atoms with E-state index < -0.39 is 67.3 Å². The molecule has 0 saturated carbocycles. The van der Waals surface area contributed by atoms with Crippen LogP contribution in [0.25, 0.3) is 0 Å². The van der Waals surface area contributed by atoms with Crippen molar-refractivity contribution in [1.82, 2.24) is 0 Å². The molecule has 0 heterocycles. The first-order chi connectivity index (χ1) is 18.4. The average Bonchev–Trinajstić information content (AvgIpc) is 2.75. The van der Waals surface area contributed by atoms with Crippen molar-refractivity contribution in [1.29, 1.82) is 0 Å². The molecule has 0 aliphatic rings. The third-order valence-corrected chi connectivity index (χ3v) is 24.3. The molecule has 31 heteroatoms. The van der Waals surface area contributed by atoms with Gasteiger partial charge in [-0.1, -0.05) is 313 Å². The number of rotatable bonds is 13. The summed E-state index contributed by atoms with van der Waals surface area (Å²) in [5.74, 6) is 0. The standard InChI is InChI=1S/C13HCl27O3S/c14-1(15,2(16,17)4(20,21)6(24,25)8(28,29)10(32,33)12(36,37)38)3(18,19)5(22,23)7(26,27)9(30,31)11(34,35)13(39,40)43-44(41)42/h(H,41,42)/p-1. The lowest BCUT2D eigenvalue weighted by molar-refractivity contribution is 0.205. The van der Waals surface area contributed by atoms with Crippen molar-refractivity contribution in [3.63, 3.8) is 0 Å². The number of hydrogen-bond donors (Lipinski definition) is 0. The van der Waals surface area contributed by atoms with Gasteiger partial charge in [0.15, 0.2) is 39.0 Å². The Kier molecular flexibility index (Phi) is 18.5. The van der Waals surface area contributed by atoms with Gasteiger partial charge >= 0.3 is 0 Å². The topological polar surface area (TPSA) is 49.4 Å². The molecule has 0 aromatic rings. The third-order valence-electron chi connectivity index (χ3n) is 4.84. The molecule has 0 aromatic carbocycles. The molecule has 44 heavy (non-hydrogen) atoms. The van der Waals surface area contributed by atoms with E-state index in [9.17, 15) is 8.76 Å². The van der Waals surface area contributed by atoms with Crippen molar-refractivity contribution < 1.29 is 12.9 Å². The molecule has 0 N–H and O–H groups in total.